The van der Waals surface area contributed by atoms with Gasteiger partial charge in [-0.25, -0.2) is 8.42 Å². The van der Waals surface area contributed by atoms with Gasteiger partial charge in [-0.2, -0.15) is 4.31 Å². The molecule has 0 aliphatic carbocycles. The fourth-order valence-electron chi connectivity index (χ4n) is 2.72. The molecule has 1 unspecified atom stereocenters. The van der Waals surface area contributed by atoms with Crippen LogP contribution in [0.2, 0.25) is 0 Å². The van der Waals surface area contributed by atoms with Crippen molar-refractivity contribution >= 4 is 15.7 Å². The number of aliphatic hydroxyl groups is 1. The van der Waals surface area contributed by atoms with Crippen molar-refractivity contribution in [3.05, 3.63) is 18.5 Å². The Kier molecular flexibility index (Phi) is 5.55. The summed E-state index contributed by atoms with van der Waals surface area (Å²) in [5.41, 5.74) is 0.703. The van der Waals surface area contributed by atoms with Crippen molar-refractivity contribution in [1.29, 1.82) is 0 Å². The fourth-order valence-corrected chi connectivity index (χ4v) is 4.44. The second-order valence-electron chi connectivity index (χ2n) is 5.22. The Hall–Kier alpha value is -1.18. The van der Waals surface area contributed by atoms with Crippen LogP contribution >= 0.6 is 0 Å². The van der Waals surface area contributed by atoms with Crippen LogP contribution in [0.4, 0.5) is 5.69 Å². The summed E-state index contributed by atoms with van der Waals surface area (Å²) < 4.78 is 27.1. The third-order valence-corrected chi connectivity index (χ3v) is 5.65. The molecule has 2 N–H and O–H groups in total. The number of pyridine rings is 1. The van der Waals surface area contributed by atoms with E-state index in [1.54, 1.807) is 12.3 Å². The van der Waals surface area contributed by atoms with Crippen LogP contribution in [0.25, 0.3) is 0 Å². The van der Waals surface area contributed by atoms with E-state index < -0.39 is 10.0 Å². The highest BCUT2D eigenvalue weighted by Crippen LogP contribution is 2.27. The zero-order chi connectivity index (χ0) is 15.3. The number of nitrogens with zero attached hydrogens (tertiary/aromatic N) is 2. The van der Waals surface area contributed by atoms with Gasteiger partial charge in [-0.05, 0) is 32.3 Å². The summed E-state index contributed by atoms with van der Waals surface area (Å²) in [5.74, 6) is 0. The van der Waals surface area contributed by atoms with Crippen molar-refractivity contribution in [2.75, 3.05) is 25.0 Å². The number of anilines is 1. The van der Waals surface area contributed by atoms with E-state index in [9.17, 15) is 8.42 Å². The van der Waals surface area contributed by atoms with Crippen molar-refractivity contribution in [2.24, 2.45) is 0 Å². The normalized spacial score (nSPS) is 20.4. The van der Waals surface area contributed by atoms with Gasteiger partial charge in [0.1, 0.15) is 4.90 Å². The van der Waals surface area contributed by atoms with E-state index in [1.165, 1.54) is 10.5 Å². The second-order valence-corrected chi connectivity index (χ2v) is 7.11. The summed E-state index contributed by atoms with van der Waals surface area (Å²) in [7, 11) is -3.55. The number of hydrogen-bond donors (Lipinski definition) is 2. The molecule has 1 aliphatic heterocycles. The summed E-state index contributed by atoms with van der Waals surface area (Å²) >= 11 is 0. The average Bonchev–Trinajstić information content (AvgIpc) is 2.49. The molecule has 0 spiro atoms. The van der Waals surface area contributed by atoms with Crippen molar-refractivity contribution in [3.63, 3.8) is 0 Å². The first-order chi connectivity index (χ1) is 10.1. The average molecular weight is 313 g/mol. The van der Waals surface area contributed by atoms with Crippen LogP contribution in [0.3, 0.4) is 0 Å². The summed E-state index contributed by atoms with van der Waals surface area (Å²) in [6, 6.07) is 1.51. The number of nitrogens with one attached hydrogen (secondary N) is 1. The third kappa shape index (κ3) is 3.72. The van der Waals surface area contributed by atoms with Gasteiger partial charge < -0.3 is 10.4 Å². The van der Waals surface area contributed by atoms with E-state index in [0.717, 1.165) is 19.3 Å². The van der Waals surface area contributed by atoms with Gasteiger partial charge in [0.2, 0.25) is 10.0 Å². The van der Waals surface area contributed by atoms with Gasteiger partial charge in [0.25, 0.3) is 0 Å². The number of aromatic nitrogens is 1. The molecular weight excluding hydrogens is 290 g/mol. The molecule has 21 heavy (non-hydrogen) atoms. The molecule has 2 heterocycles. The minimum atomic E-state index is -3.55. The molecule has 1 aromatic rings. The van der Waals surface area contributed by atoms with E-state index in [1.807, 2.05) is 6.92 Å². The monoisotopic (exact) mass is 313 g/mol. The first-order valence-corrected chi connectivity index (χ1v) is 8.85. The molecule has 0 bridgehead atoms. The SMILES string of the molecule is CCNc1cncc(S(=O)(=O)N2CCCCC2CCO)c1. The molecule has 1 saturated heterocycles. The molecule has 118 valence electrons. The predicted molar refractivity (Wildman–Crippen MR) is 81.6 cm³/mol. The molecule has 2 rings (SSSR count). The molecule has 0 saturated carbocycles. The number of sulfonamides is 1. The van der Waals surface area contributed by atoms with Crippen LogP contribution in [0.5, 0.6) is 0 Å². The maximum absolute atomic E-state index is 12.8. The van der Waals surface area contributed by atoms with E-state index >= 15 is 0 Å². The van der Waals surface area contributed by atoms with Crippen LogP contribution in [-0.4, -0.2) is 48.6 Å². The Bertz CT molecular complexity index is 560. The highest BCUT2D eigenvalue weighted by atomic mass is 32.2. The predicted octanol–water partition coefficient (Wildman–Crippen LogP) is 1.44. The quantitative estimate of drug-likeness (QED) is 0.830. The number of rotatable bonds is 6. The van der Waals surface area contributed by atoms with Crippen LogP contribution in [0.1, 0.15) is 32.6 Å². The van der Waals surface area contributed by atoms with Crippen molar-refractivity contribution in [1.82, 2.24) is 9.29 Å². The molecule has 1 aliphatic rings. The number of hydrogen-bond acceptors (Lipinski definition) is 5. The van der Waals surface area contributed by atoms with Gasteiger partial charge in [0, 0.05) is 31.9 Å². The van der Waals surface area contributed by atoms with Crippen molar-refractivity contribution in [2.45, 2.75) is 43.5 Å². The second kappa shape index (κ2) is 7.20. The summed E-state index contributed by atoms with van der Waals surface area (Å²) in [5, 5.41) is 12.2. The maximum Gasteiger partial charge on any atom is 0.244 e. The van der Waals surface area contributed by atoms with Gasteiger partial charge in [-0.15, -0.1) is 0 Å². The molecule has 1 fully saturated rings. The van der Waals surface area contributed by atoms with Crippen LogP contribution in [-0.2, 0) is 10.0 Å². The van der Waals surface area contributed by atoms with E-state index in [2.05, 4.69) is 10.3 Å². The van der Waals surface area contributed by atoms with Crippen LogP contribution in [0.15, 0.2) is 23.4 Å². The zero-order valence-electron chi connectivity index (χ0n) is 12.3. The lowest BCUT2D eigenvalue weighted by atomic mass is 10.0. The first kappa shape index (κ1) is 16.2. The molecule has 0 amide bonds. The Morgan fingerprint density at radius 2 is 2.24 bits per heavy atom. The number of aliphatic hydroxyl groups excluding tert-OH is 1. The lowest BCUT2D eigenvalue weighted by Crippen LogP contribution is -2.44. The van der Waals surface area contributed by atoms with E-state index in [4.69, 9.17) is 5.11 Å². The zero-order valence-corrected chi connectivity index (χ0v) is 13.1. The lowest BCUT2D eigenvalue weighted by molar-refractivity contribution is 0.192. The standard InChI is InChI=1S/C14H23N3O3S/c1-2-16-12-9-14(11-15-10-12)21(19,20)17-7-4-3-5-13(17)6-8-18/h9-11,13,16,18H,2-8H2,1H3. The lowest BCUT2D eigenvalue weighted by Gasteiger charge is -2.34. The summed E-state index contributed by atoms with van der Waals surface area (Å²) in [6.45, 7) is 3.18. The van der Waals surface area contributed by atoms with Crippen molar-refractivity contribution in [3.8, 4) is 0 Å². The highest BCUT2D eigenvalue weighted by Gasteiger charge is 2.33. The minimum absolute atomic E-state index is 0.00632. The van der Waals surface area contributed by atoms with E-state index in [-0.39, 0.29) is 17.5 Å². The van der Waals surface area contributed by atoms with Gasteiger partial charge >= 0.3 is 0 Å². The van der Waals surface area contributed by atoms with Gasteiger partial charge in [0.05, 0.1) is 11.9 Å². The highest BCUT2D eigenvalue weighted by molar-refractivity contribution is 7.89. The molecule has 1 aromatic heterocycles. The van der Waals surface area contributed by atoms with Gasteiger partial charge in [-0.1, -0.05) is 6.42 Å². The largest absolute Gasteiger partial charge is 0.396 e. The van der Waals surface area contributed by atoms with Crippen molar-refractivity contribution < 1.29 is 13.5 Å². The Balaban J connectivity index is 2.29. The minimum Gasteiger partial charge on any atom is -0.396 e. The van der Waals surface area contributed by atoms with E-state index in [0.29, 0.717) is 25.2 Å². The summed E-state index contributed by atoms with van der Waals surface area (Å²) in [6.07, 6.45) is 6.16. The first-order valence-electron chi connectivity index (χ1n) is 7.41. The Labute approximate surface area is 126 Å². The summed E-state index contributed by atoms with van der Waals surface area (Å²) in [4.78, 5) is 4.23. The topological polar surface area (TPSA) is 82.5 Å². The smallest absolute Gasteiger partial charge is 0.244 e. The van der Waals surface area contributed by atoms with Crippen LogP contribution in [0, 0.1) is 0 Å². The fraction of sp³-hybridized carbons (Fsp3) is 0.643. The molecule has 0 aromatic carbocycles. The molecule has 6 nitrogen and oxygen atoms in total. The molecule has 1 atom stereocenters. The maximum atomic E-state index is 12.8. The van der Waals surface area contributed by atoms with Gasteiger partial charge in [0.15, 0.2) is 0 Å². The number of piperidine rings is 1. The Morgan fingerprint density at radius 1 is 1.43 bits per heavy atom. The Morgan fingerprint density at radius 3 is 2.95 bits per heavy atom. The molecule has 0 radical (unpaired) electrons. The third-order valence-electron chi connectivity index (χ3n) is 3.74. The molecule has 7 heteroatoms. The van der Waals surface area contributed by atoms with Crippen LogP contribution < -0.4 is 5.32 Å². The van der Waals surface area contributed by atoms with Gasteiger partial charge in [-0.3, -0.25) is 4.98 Å². The molecular formula is C14H23N3O3S.